The first-order valence-corrected chi connectivity index (χ1v) is 5.82. The standard InChI is InChI=1S/C14H20N2O2/c1-6-12(13(7-2)18-5)14(17)16(8-3)10-11(4)9-15/h7H,2,4,6,8,10H2,1,3,5H3/b13-12-. The molecule has 0 radical (unpaired) electrons. The molecule has 0 aliphatic carbocycles. The summed E-state index contributed by atoms with van der Waals surface area (Å²) in [5.74, 6) is 0.330. The molecule has 0 aliphatic heterocycles. The lowest BCUT2D eigenvalue weighted by Gasteiger charge is -2.22. The van der Waals surface area contributed by atoms with Crippen LogP contribution in [0.15, 0.2) is 36.1 Å². The molecule has 0 aromatic rings. The highest BCUT2D eigenvalue weighted by Crippen LogP contribution is 2.15. The van der Waals surface area contributed by atoms with Crippen molar-refractivity contribution < 1.29 is 9.53 Å². The number of carbonyl (C=O) groups is 1. The fraction of sp³-hybridized carbons (Fsp3) is 0.429. The predicted molar refractivity (Wildman–Crippen MR) is 71.5 cm³/mol. The van der Waals surface area contributed by atoms with Crippen LogP contribution >= 0.6 is 0 Å². The Morgan fingerprint density at radius 1 is 1.50 bits per heavy atom. The molecule has 4 nitrogen and oxygen atoms in total. The zero-order valence-electron chi connectivity index (χ0n) is 11.3. The van der Waals surface area contributed by atoms with Crippen molar-refractivity contribution in [2.75, 3.05) is 20.2 Å². The molecule has 0 spiro atoms. The van der Waals surface area contributed by atoms with Gasteiger partial charge >= 0.3 is 0 Å². The van der Waals surface area contributed by atoms with Gasteiger partial charge in [-0.2, -0.15) is 5.26 Å². The summed E-state index contributed by atoms with van der Waals surface area (Å²) >= 11 is 0. The van der Waals surface area contributed by atoms with Gasteiger partial charge in [-0.15, -0.1) is 0 Å². The highest BCUT2D eigenvalue weighted by molar-refractivity contribution is 5.94. The second kappa shape index (κ2) is 8.13. The summed E-state index contributed by atoms with van der Waals surface area (Å²) in [5, 5.41) is 8.72. The summed E-state index contributed by atoms with van der Waals surface area (Å²) in [6.07, 6.45) is 2.06. The van der Waals surface area contributed by atoms with E-state index in [1.165, 1.54) is 13.2 Å². The van der Waals surface area contributed by atoms with E-state index in [4.69, 9.17) is 10.00 Å². The minimum absolute atomic E-state index is 0.145. The van der Waals surface area contributed by atoms with Gasteiger partial charge < -0.3 is 9.64 Å². The molecule has 0 unspecified atom stereocenters. The molecule has 0 bridgehead atoms. The fourth-order valence-corrected chi connectivity index (χ4v) is 1.54. The Morgan fingerprint density at radius 3 is 2.44 bits per heavy atom. The quantitative estimate of drug-likeness (QED) is 0.301. The number of ether oxygens (including phenoxy) is 1. The first-order chi connectivity index (χ1) is 8.55. The zero-order valence-corrected chi connectivity index (χ0v) is 11.3. The molecule has 0 rings (SSSR count). The van der Waals surface area contributed by atoms with Gasteiger partial charge in [0.1, 0.15) is 5.76 Å². The largest absolute Gasteiger partial charge is 0.496 e. The summed E-state index contributed by atoms with van der Waals surface area (Å²) in [6, 6.07) is 1.94. The molecule has 0 saturated carbocycles. The number of amides is 1. The van der Waals surface area contributed by atoms with Crippen LogP contribution in [-0.2, 0) is 9.53 Å². The summed E-state index contributed by atoms with van der Waals surface area (Å²) in [5.41, 5.74) is 0.915. The maximum atomic E-state index is 12.3. The van der Waals surface area contributed by atoms with E-state index in [1.807, 2.05) is 19.9 Å². The normalized spacial score (nSPS) is 11.0. The molecule has 1 amide bonds. The Kier molecular flexibility index (Phi) is 7.22. The second-order valence-corrected chi connectivity index (χ2v) is 3.64. The van der Waals surface area contributed by atoms with E-state index in [1.54, 1.807) is 4.90 Å². The molecular formula is C14H20N2O2. The Hall–Kier alpha value is -2.02. The van der Waals surface area contributed by atoms with E-state index in [-0.39, 0.29) is 12.5 Å². The van der Waals surface area contributed by atoms with Gasteiger partial charge in [0.05, 0.1) is 25.3 Å². The minimum Gasteiger partial charge on any atom is -0.496 e. The van der Waals surface area contributed by atoms with Gasteiger partial charge in [-0.05, 0) is 19.4 Å². The van der Waals surface area contributed by atoms with Gasteiger partial charge in [0.25, 0.3) is 5.91 Å². The molecule has 0 aromatic carbocycles. The van der Waals surface area contributed by atoms with Crippen molar-refractivity contribution in [2.45, 2.75) is 20.3 Å². The van der Waals surface area contributed by atoms with Gasteiger partial charge in [0.15, 0.2) is 0 Å². The van der Waals surface area contributed by atoms with Crippen molar-refractivity contribution in [2.24, 2.45) is 0 Å². The van der Waals surface area contributed by atoms with Crippen LogP contribution < -0.4 is 0 Å². The third-order valence-electron chi connectivity index (χ3n) is 2.52. The Balaban J connectivity index is 5.19. The lowest BCUT2D eigenvalue weighted by molar-refractivity contribution is -0.126. The van der Waals surface area contributed by atoms with Crippen molar-refractivity contribution in [3.05, 3.63) is 36.1 Å². The second-order valence-electron chi connectivity index (χ2n) is 3.64. The lowest BCUT2D eigenvalue weighted by atomic mass is 10.1. The average molecular weight is 248 g/mol. The molecule has 0 aliphatic rings. The van der Waals surface area contributed by atoms with Crippen molar-refractivity contribution in [3.63, 3.8) is 0 Å². The Bertz CT molecular complexity index is 403. The first-order valence-electron chi connectivity index (χ1n) is 5.82. The highest BCUT2D eigenvalue weighted by Gasteiger charge is 2.19. The number of hydrogen-bond donors (Lipinski definition) is 0. The topological polar surface area (TPSA) is 53.3 Å². The maximum absolute atomic E-state index is 12.3. The van der Waals surface area contributed by atoms with Crippen LogP contribution in [0.1, 0.15) is 20.3 Å². The molecule has 98 valence electrons. The molecule has 18 heavy (non-hydrogen) atoms. The molecule has 0 heterocycles. The smallest absolute Gasteiger partial charge is 0.253 e. The summed E-state index contributed by atoms with van der Waals surface area (Å²) in [7, 11) is 1.50. The summed E-state index contributed by atoms with van der Waals surface area (Å²) < 4.78 is 5.13. The maximum Gasteiger partial charge on any atom is 0.253 e. The molecule has 4 heteroatoms. The SMILES string of the molecule is C=C/C(OC)=C(\CC)C(=O)N(CC)CC(=C)C#N. The third-order valence-corrected chi connectivity index (χ3v) is 2.52. The van der Waals surface area contributed by atoms with Crippen LogP contribution in [0.2, 0.25) is 0 Å². The van der Waals surface area contributed by atoms with Gasteiger partial charge in [0.2, 0.25) is 0 Å². The number of methoxy groups -OCH3 is 1. The number of allylic oxidation sites excluding steroid dienone is 1. The van der Waals surface area contributed by atoms with E-state index in [0.29, 0.717) is 29.9 Å². The van der Waals surface area contributed by atoms with E-state index in [0.717, 1.165) is 0 Å². The fourth-order valence-electron chi connectivity index (χ4n) is 1.54. The highest BCUT2D eigenvalue weighted by atomic mass is 16.5. The van der Waals surface area contributed by atoms with Crippen LogP contribution in [0, 0.1) is 11.3 Å². The molecule has 0 aromatic heterocycles. The zero-order chi connectivity index (χ0) is 14.1. The van der Waals surface area contributed by atoms with Crippen molar-refractivity contribution in [1.82, 2.24) is 4.90 Å². The summed E-state index contributed by atoms with van der Waals surface area (Å²) in [6.45, 7) is 11.7. The third kappa shape index (κ3) is 4.10. The van der Waals surface area contributed by atoms with E-state index < -0.39 is 0 Å². The van der Waals surface area contributed by atoms with E-state index in [2.05, 4.69) is 13.2 Å². The van der Waals surface area contributed by atoms with Crippen LogP contribution in [0.3, 0.4) is 0 Å². The number of hydrogen-bond acceptors (Lipinski definition) is 3. The molecule has 0 fully saturated rings. The monoisotopic (exact) mass is 248 g/mol. The minimum atomic E-state index is -0.145. The summed E-state index contributed by atoms with van der Waals surface area (Å²) in [4.78, 5) is 13.9. The Morgan fingerprint density at radius 2 is 2.11 bits per heavy atom. The number of rotatable bonds is 7. The van der Waals surface area contributed by atoms with E-state index in [9.17, 15) is 4.79 Å². The van der Waals surface area contributed by atoms with E-state index >= 15 is 0 Å². The van der Waals surface area contributed by atoms with Crippen LogP contribution in [0.5, 0.6) is 0 Å². The van der Waals surface area contributed by atoms with Gasteiger partial charge in [0, 0.05) is 12.1 Å². The average Bonchev–Trinajstić information content (AvgIpc) is 2.40. The van der Waals surface area contributed by atoms with Crippen molar-refractivity contribution in [1.29, 1.82) is 5.26 Å². The first kappa shape index (κ1) is 16.0. The Labute approximate surface area is 109 Å². The number of likely N-dealkylation sites (N-methyl/N-ethyl adjacent to an activating group) is 1. The van der Waals surface area contributed by atoms with Crippen molar-refractivity contribution in [3.8, 4) is 6.07 Å². The number of nitrogens with zero attached hydrogens (tertiary/aromatic N) is 2. The van der Waals surface area contributed by atoms with Crippen molar-refractivity contribution >= 4 is 5.91 Å². The van der Waals surface area contributed by atoms with Crippen LogP contribution in [0.25, 0.3) is 0 Å². The lowest BCUT2D eigenvalue weighted by Crippen LogP contribution is -2.34. The van der Waals surface area contributed by atoms with Crippen LogP contribution in [0.4, 0.5) is 0 Å². The van der Waals surface area contributed by atoms with Gasteiger partial charge in [-0.1, -0.05) is 20.1 Å². The van der Waals surface area contributed by atoms with Gasteiger partial charge in [-0.25, -0.2) is 0 Å². The molecule has 0 N–H and O–H groups in total. The number of carbonyl (C=O) groups excluding carboxylic acids is 1. The van der Waals surface area contributed by atoms with Crippen LogP contribution in [-0.4, -0.2) is 31.0 Å². The molecule has 0 atom stereocenters. The van der Waals surface area contributed by atoms with Gasteiger partial charge in [-0.3, -0.25) is 4.79 Å². The predicted octanol–water partition coefficient (Wildman–Crippen LogP) is 2.41. The molecular weight excluding hydrogens is 228 g/mol. The molecule has 0 saturated heterocycles. The number of nitriles is 1.